The van der Waals surface area contributed by atoms with Crippen LogP contribution >= 0.6 is 0 Å². The molecule has 0 amide bonds. The van der Waals surface area contributed by atoms with Crippen LogP contribution in [0.25, 0.3) is 0 Å². The van der Waals surface area contributed by atoms with Crippen molar-refractivity contribution in [1.82, 2.24) is 5.32 Å². The van der Waals surface area contributed by atoms with Crippen LogP contribution < -0.4 is 10.1 Å². The molecule has 1 aromatic rings. The SMILES string of the molecule is COc1ccccc1C1OCCC1CNCC(C)C. The molecule has 0 bridgehead atoms. The minimum atomic E-state index is 0.163. The first kappa shape index (κ1) is 14.4. The highest BCUT2D eigenvalue weighted by molar-refractivity contribution is 5.35. The Morgan fingerprint density at radius 3 is 2.89 bits per heavy atom. The van der Waals surface area contributed by atoms with Crippen molar-refractivity contribution in [3.05, 3.63) is 29.8 Å². The number of hydrogen-bond donors (Lipinski definition) is 1. The van der Waals surface area contributed by atoms with Gasteiger partial charge in [-0.3, -0.25) is 0 Å². The lowest BCUT2D eigenvalue weighted by molar-refractivity contribution is 0.0881. The molecule has 1 aliphatic rings. The number of ether oxygens (including phenoxy) is 2. The standard InChI is InChI=1S/C16H25NO2/c1-12(2)10-17-11-13-8-9-19-16(13)14-6-4-5-7-15(14)18-3/h4-7,12-13,16-17H,8-11H2,1-3H3. The molecule has 0 saturated carbocycles. The summed E-state index contributed by atoms with van der Waals surface area (Å²) in [7, 11) is 1.72. The van der Waals surface area contributed by atoms with Gasteiger partial charge >= 0.3 is 0 Å². The van der Waals surface area contributed by atoms with Crippen LogP contribution in [0.4, 0.5) is 0 Å². The largest absolute Gasteiger partial charge is 0.496 e. The lowest BCUT2D eigenvalue weighted by Crippen LogP contribution is -2.28. The normalized spacial score (nSPS) is 22.9. The van der Waals surface area contributed by atoms with E-state index in [0.29, 0.717) is 11.8 Å². The third-order valence-corrected chi connectivity index (χ3v) is 3.62. The van der Waals surface area contributed by atoms with Gasteiger partial charge in [0.2, 0.25) is 0 Å². The maximum Gasteiger partial charge on any atom is 0.124 e. The molecule has 0 aliphatic carbocycles. The number of rotatable bonds is 6. The fourth-order valence-corrected chi connectivity index (χ4v) is 2.65. The molecule has 0 aromatic heterocycles. The maximum absolute atomic E-state index is 5.93. The Labute approximate surface area is 116 Å². The Balaban J connectivity index is 2.01. The summed E-state index contributed by atoms with van der Waals surface area (Å²) in [4.78, 5) is 0. The molecule has 1 heterocycles. The van der Waals surface area contributed by atoms with E-state index in [-0.39, 0.29) is 6.10 Å². The zero-order chi connectivity index (χ0) is 13.7. The van der Waals surface area contributed by atoms with Crippen LogP contribution in [0, 0.1) is 11.8 Å². The number of methoxy groups -OCH3 is 1. The van der Waals surface area contributed by atoms with Gasteiger partial charge < -0.3 is 14.8 Å². The molecule has 0 spiro atoms. The third kappa shape index (κ3) is 3.71. The van der Waals surface area contributed by atoms with Crippen LogP contribution in [0.1, 0.15) is 31.9 Å². The highest BCUT2D eigenvalue weighted by Crippen LogP contribution is 2.38. The molecule has 2 atom stereocenters. The van der Waals surface area contributed by atoms with Crippen molar-refractivity contribution < 1.29 is 9.47 Å². The molecule has 2 unspecified atom stereocenters. The van der Waals surface area contributed by atoms with Gasteiger partial charge in [-0.15, -0.1) is 0 Å². The second-order valence-electron chi connectivity index (χ2n) is 5.63. The van der Waals surface area contributed by atoms with E-state index >= 15 is 0 Å². The third-order valence-electron chi connectivity index (χ3n) is 3.62. The van der Waals surface area contributed by atoms with Gasteiger partial charge in [-0.25, -0.2) is 0 Å². The van der Waals surface area contributed by atoms with Gasteiger partial charge in [0.05, 0.1) is 13.2 Å². The van der Waals surface area contributed by atoms with E-state index in [9.17, 15) is 0 Å². The molecule has 1 fully saturated rings. The number of nitrogens with one attached hydrogen (secondary N) is 1. The van der Waals surface area contributed by atoms with Gasteiger partial charge in [0.1, 0.15) is 5.75 Å². The second kappa shape index (κ2) is 6.92. The molecule has 1 N–H and O–H groups in total. The quantitative estimate of drug-likeness (QED) is 0.856. The van der Waals surface area contributed by atoms with Crippen molar-refractivity contribution in [3.8, 4) is 5.75 Å². The summed E-state index contributed by atoms with van der Waals surface area (Å²) < 4.78 is 11.4. The van der Waals surface area contributed by atoms with Crippen molar-refractivity contribution in [1.29, 1.82) is 0 Å². The van der Waals surface area contributed by atoms with Crippen LogP contribution in [0.5, 0.6) is 5.75 Å². The molecular formula is C16H25NO2. The molecule has 19 heavy (non-hydrogen) atoms. The zero-order valence-electron chi connectivity index (χ0n) is 12.2. The topological polar surface area (TPSA) is 30.5 Å². The van der Waals surface area contributed by atoms with Gasteiger partial charge in [0, 0.05) is 24.6 Å². The predicted molar refractivity (Wildman–Crippen MR) is 77.5 cm³/mol. The summed E-state index contributed by atoms with van der Waals surface area (Å²) in [5.74, 6) is 2.16. The van der Waals surface area contributed by atoms with Crippen molar-refractivity contribution in [3.63, 3.8) is 0 Å². The summed E-state index contributed by atoms with van der Waals surface area (Å²) in [6.07, 6.45) is 1.28. The van der Waals surface area contributed by atoms with E-state index in [0.717, 1.165) is 31.9 Å². The monoisotopic (exact) mass is 263 g/mol. The lowest BCUT2D eigenvalue weighted by Gasteiger charge is -2.21. The number of benzene rings is 1. The Morgan fingerprint density at radius 1 is 1.37 bits per heavy atom. The number of hydrogen-bond acceptors (Lipinski definition) is 3. The Morgan fingerprint density at radius 2 is 2.16 bits per heavy atom. The van der Waals surface area contributed by atoms with Crippen LogP contribution in [-0.4, -0.2) is 26.8 Å². The van der Waals surface area contributed by atoms with Crippen LogP contribution in [0.3, 0.4) is 0 Å². The Kier molecular flexibility index (Phi) is 5.23. The fourth-order valence-electron chi connectivity index (χ4n) is 2.65. The van der Waals surface area contributed by atoms with Crippen LogP contribution in [-0.2, 0) is 4.74 Å². The molecule has 1 saturated heterocycles. The predicted octanol–water partition coefficient (Wildman–Crippen LogP) is 3.02. The van der Waals surface area contributed by atoms with E-state index < -0.39 is 0 Å². The molecular weight excluding hydrogens is 238 g/mol. The molecule has 3 heteroatoms. The Hall–Kier alpha value is -1.06. The van der Waals surface area contributed by atoms with Gasteiger partial charge in [-0.05, 0) is 24.9 Å². The maximum atomic E-state index is 5.93. The minimum absolute atomic E-state index is 0.163. The van der Waals surface area contributed by atoms with E-state index in [1.165, 1.54) is 5.56 Å². The summed E-state index contributed by atoms with van der Waals surface area (Å²) >= 11 is 0. The second-order valence-corrected chi connectivity index (χ2v) is 5.63. The van der Waals surface area contributed by atoms with E-state index in [4.69, 9.17) is 9.47 Å². The van der Waals surface area contributed by atoms with E-state index in [2.05, 4.69) is 31.3 Å². The summed E-state index contributed by atoms with van der Waals surface area (Å²) in [6.45, 7) is 7.39. The molecule has 0 radical (unpaired) electrons. The minimum Gasteiger partial charge on any atom is -0.496 e. The number of para-hydroxylation sites is 1. The van der Waals surface area contributed by atoms with Crippen LogP contribution in [0.15, 0.2) is 24.3 Å². The van der Waals surface area contributed by atoms with Crippen LogP contribution in [0.2, 0.25) is 0 Å². The first-order chi connectivity index (χ1) is 9.22. The molecule has 106 valence electrons. The molecule has 3 nitrogen and oxygen atoms in total. The van der Waals surface area contributed by atoms with Crippen molar-refractivity contribution in [2.45, 2.75) is 26.4 Å². The van der Waals surface area contributed by atoms with Gasteiger partial charge in [0.25, 0.3) is 0 Å². The summed E-state index contributed by atoms with van der Waals surface area (Å²) in [5.41, 5.74) is 1.18. The van der Waals surface area contributed by atoms with Gasteiger partial charge in [-0.1, -0.05) is 32.0 Å². The van der Waals surface area contributed by atoms with E-state index in [1.54, 1.807) is 7.11 Å². The highest BCUT2D eigenvalue weighted by Gasteiger charge is 2.31. The average molecular weight is 263 g/mol. The first-order valence-electron chi connectivity index (χ1n) is 7.17. The van der Waals surface area contributed by atoms with Crippen molar-refractivity contribution in [2.75, 3.05) is 26.8 Å². The van der Waals surface area contributed by atoms with Crippen molar-refractivity contribution >= 4 is 0 Å². The lowest BCUT2D eigenvalue weighted by atomic mass is 9.94. The smallest absolute Gasteiger partial charge is 0.124 e. The Bertz CT molecular complexity index is 392. The van der Waals surface area contributed by atoms with Gasteiger partial charge in [-0.2, -0.15) is 0 Å². The molecule has 1 aromatic carbocycles. The molecule has 1 aliphatic heterocycles. The first-order valence-corrected chi connectivity index (χ1v) is 7.17. The van der Waals surface area contributed by atoms with Crippen molar-refractivity contribution in [2.24, 2.45) is 11.8 Å². The summed E-state index contributed by atoms with van der Waals surface area (Å²) in [6, 6.07) is 8.18. The van der Waals surface area contributed by atoms with E-state index in [1.807, 2.05) is 12.1 Å². The average Bonchev–Trinajstić information content (AvgIpc) is 2.86. The van der Waals surface area contributed by atoms with Gasteiger partial charge in [0.15, 0.2) is 0 Å². The molecule has 2 rings (SSSR count). The fraction of sp³-hybridized carbons (Fsp3) is 0.625. The highest BCUT2D eigenvalue weighted by atomic mass is 16.5. The summed E-state index contributed by atoms with van der Waals surface area (Å²) in [5, 5.41) is 3.54. The zero-order valence-corrected chi connectivity index (χ0v) is 12.2.